The number of hydrogen-bond acceptors (Lipinski definition) is 4. The number of halogens is 4. The van der Waals surface area contributed by atoms with E-state index in [0.29, 0.717) is 17.5 Å². The van der Waals surface area contributed by atoms with Gasteiger partial charge in [-0.2, -0.15) is 18.3 Å². The summed E-state index contributed by atoms with van der Waals surface area (Å²) in [6.07, 6.45) is -0.831. The first kappa shape index (κ1) is 19.7. The largest absolute Gasteiger partial charge is 0.434 e. The molecule has 0 fully saturated rings. The second-order valence-corrected chi connectivity index (χ2v) is 5.37. The van der Waals surface area contributed by atoms with Crippen LogP contribution in [0.2, 0.25) is 0 Å². The van der Waals surface area contributed by atoms with Crippen LogP contribution in [0.5, 0.6) is 0 Å². The van der Waals surface area contributed by atoms with E-state index in [-0.39, 0.29) is 30.5 Å². The van der Waals surface area contributed by atoms with Gasteiger partial charge in [0, 0.05) is 37.8 Å². The molecule has 0 saturated carbocycles. The molecule has 2 heterocycles. The number of aliphatic imine (C=N–C) groups is 1. The molecule has 0 saturated heterocycles. The van der Waals surface area contributed by atoms with E-state index in [1.54, 1.807) is 17.9 Å². The van der Waals surface area contributed by atoms with Crippen molar-refractivity contribution in [3.05, 3.63) is 34.0 Å². The summed E-state index contributed by atoms with van der Waals surface area (Å²) in [7, 11) is 3.40. The minimum absolute atomic E-state index is 0. The van der Waals surface area contributed by atoms with Crippen molar-refractivity contribution in [2.45, 2.75) is 19.3 Å². The van der Waals surface area contributed by atoms with E-state index >= 15 is 0 Å². The molecule has 0 aliphatic carbocycles. The number of guanidine groups is 1. The molecule has 0 atom stereocenters. The molecular formula is C12H16F3IN6S. The lowest BCUT2D eigenvalue weighted by Gasteiger charge is -2.09. The topological polar surface area (TPSA) is 67.1 Å². The molecular weight excluding hydrogens is 444 g/mol. The Hall–Kier alpha value is -1.37. The van der Waals surface area contributed by atoms with E-state index in [1.165, 1.54) is 0 Å². The summed E-state index contributed by atoms with van der Waals surface area (Å²) in [5.41, 5.74) is 0.103. The van der Waals surface area contributed by atoms with Crippen LogP contribution in [0.15, 0.2) is 22.8 Å². The van der Waals surface area contributed by atoms with Gasteiger partial charge in [-0.3, -0.25) is 9.67 Å². The van der Waals surface area contributed by atoms with Gasteiger partial charge in [-0.1, -0.05) is 0 Å². The zero-order chi connectivity index (χ0) is 16.2. The average Bonchev–Trinajstić information content (AvgIpc) is 3.07. The Balaban J connectivity index is 0.00000264. The van der Waals surface area contributed by atoms with Crippen molar-refractivity contribution in [2.75, 3.05) is 7.05 Å². The number of nitrogens with one attached hydrogen (secondary N) is 2. The first-order valence-corrected chi connectivity index (χ1v) is 7.20. The summed E-state index contributed by atoms with van der Waals surface area (Å²) in [5.74, 6) is 0.479. The van der Waals surface area contributed by atoms with Gasteiger partial charge >= 0.3 is 6.18 Å². The van der Waals surface area contributed by atoms with Gasteiger partial charge < -0.3 is 10.6 Å². The molecule has 0 bridgehead atoms. The van der Waals surface area contributed by atoms with E-state index in [1.807, 2.05) is 13.2 Å². The second-order valence-electron chi connectivity index (χ2n) is 4.43. The molecule has 0 aliphatic heterocycles. The zero-order valence-corrected chi connectivity index (χ0v) is 15.5. The first-order valence-electron chi connectivity index (χ1n) is 6.32. The van der Waals surface area contributed by atoms with Gasteiger partial charge in [-0.05, 0) is 0 Å². The smallest absolute Gasteiger partial charge is 0.352 e. The van der Waals surface area contributed by atoms with E-state index in [0.717, 1.165) is 22.3 Å². The van der Waals surface area contributed by atoms with Crippen molar-refractivity contribution in [1.29, 1.82) is 0 Å². The fourth-order valence-corrected chi connectivity index (χ4v) is 2.39. The van der Waals surface area contributed by atoms with Crippen molar-refractivity contribution in [2.24, 2.45) is 12.0 Å². The molecule has 2 N–H and O–H groups in total. The number of hydrogen-bond donors (Lipinski definition) is 2. The maximum Gasteiger partial charge on any atom is 0.434 e. The minimum atomic E-state index is -4.41. The standard InChI is InChI=1S/C12H15F3N6S.HI/c1-16-11(17-3-8-4-19-21(2)6-8)18-5-10-20-9(7-22-10)12(13,14)15;/h4,6-7H,3,5H2,1-2H3,(H2,16,17,18);1H. The molecule has 2 aromatic heterocycles. The highest BCUT2D eigenvalue weighted by molar-refractivity contribution is 14.0. The van der Waals surface area contributed by atoms with Gasteiger partial charge in [-0.15, -0.1) is 35.3 Å². The van der Waals surface area contributed by atoms with Gasteiger partial charge in [0.15, 0.2) is 11.7 Å². The molecule has 2 rings (SSSR count). The lowest BCUT2D eigenvalue weighted by Crippen LogP contribution is -2.36. The van der Waals surface area contributed by atoms with Gasteiger partial charge in [0.2, 0.25) is 0 Å². The van der Waals surface area contributed by atoms with E-state index in [4.69, 9.17) is 0 Å². The maximum atomic E-state index is 12.5. The summed E-state index contributed by atoms with van der Waals surface area (Å²) in [6.45, 7) is 0.687. The van der Waals surface area contributed by atoms with Crippen LogP contribution in [0, 0.1) is 0 Å². The fourth-order valence-electron chi connectivity index (χ4n) is 1.65. The van der Waals surface area contributed by atoms with Gasteiger partial charge in [0.1, 0.15) is 5.01 Å². The van der Waals surface area contributed by atoms with Crippen LogP contribution in [0.25, 0.3) is 0 Å². The number of nitrogens with zero attached hydrogens (tertiary/aromatic N) is 4. The maximum absolute atomic E-state index is 12.5. The van der Waals surface area contributed by atoms with Crippen molar-refractivity contribution in [3.8, 4) is 0 Å². The normalized spacial score (nSPS) is 12.0. The quantitative estimate of drug-likeness (QED) is 0.418. The molecule has 11 heteroatoms. The third-order valence-electron chi connectivity index (χ3n) is 2.69. The predicted molar refractivity (Wildman–Crippen MR) is 92.8 cm³/mol. The monoisotopic (exact) mass is 460 g/mol. The highest BCUT2D eigenvalue weighted by atomic mass is 127. The molecule has 0 amide bonds. The third kappa shape index (κ3) is 5.97. The molecule has 0 unspecified atom stereocenters. The van der Waals surface area contributed by atoms with Crippen LogP contribution in [0.1, 0.15) is 16.3 Å². The molecule has 128 valence electrons. The number of aryl methyl sites for hydroxylation is 1. The Bertz CT molecular complexity index is 651. The van der Waals surface area contributed by atoms with Crippen LogP contribution in [0.4, 0.5) is 13.2 Å². The van der Waals surface area contributed by atoms with Crippen molar-refractivity contribution in [1.82, 2.24) is 25.4 Å². The zero-order valence-electron chi connectivity index (χ0n) is 12.4. The summed E-state index contributed by atoms with van der Waals surface area (Å²) in [4.78, 5) is 7.55. The third-order valence-corrected chi connectivity index (χ3v) is 3.54. The van der Waals surface area contributed by atoms with Gasteiger partial charge in [0.25, 0.3) is 0 Å². The van der Waals surface area contributed by atoms with Crippen LogP contribution in [-0.2, 0) is 26.3 Å². The molecule has 0 aliphatic rings. The van der Waals surface area contributed by atoms with Crippen LogP contribution in [-0.4, -0.2) is 27.8 Å². The summed E-state index contributed by atoms with van der Waals surface area (Å²) < 4.78 is 39.1. The van der Waals surface area contributed by atoms with E-state index < -0.39 is 11.9 Å². The first-order chi connectivity index (χ1) is 10.4. The minimum Gasteiger partial charge on any atom is -0.352 e. The predicted octanol–water partition coefficient (Wildman–Crippen LogP) is 2.38. The molecule has 0 aromatic carbocycles. The fraction of sp³-hybridized carbons (Fsp3) is 0.417. The Kier molecular flexibility index (Phi) is 7.25. The number of thiazole rings is 1. The van der Waals surface area contributed by atoms with Crippen molar-refractivity contribution in [3.63, 3.8) is 0 Å². The summed E-state index contributed by atoms with van der Waals surface area (Å²) in [5, 5.41) is 11.4. The Morgan fingerprint density at radius 1 is 1.35 bits per heavy atom. The Morgan fingerprint density at radius 3 is 2.57 bits per heavy atom. The van der Waals surface area contributed by atoms with Gasteiger partial charge in [-0.25, -0.2) is 4.98 Å². The molecule has 2 aromatic rings. The number of aromatic nitrogens is 3. The number of rotatable bonds is 4. The van der Waals surface area contributed by atoms with Crippen LogP contribution >= 0.6 is 35.3 Å². The Labute approximate surface area is 152 Å². The van der Waals surface area contributed by atoms with Gasteiger partial charge in [0.05, 0.1) is 12.7 Å². The van der Waals surface area contributed by atoms with E-state index in [9.17, 15) is 13.2 Å². The Morgan fingerprint density at radius 2 is 2.04 bits per heavy atom. The molecule has 23 heavy (non-hydrogen) atoms. The molecule has 6 nitrogen and oxygen atoms in total. The molecule has 0 radical (unpaired) electrons. The second kappa shape index (κ2) is 8.47. The van der Waals surface area contributed by atoms with Crippen LogP contribution in [0.3, 0.4) is 0 Å². The highest BCUT2D eigenvalue weighted by Gasteiger charge is 2.33. The van der Waals surface area contributed by atoms with E-state index in [2.05, 4.69) is 25.7 Å². The van der Waals surface area contributed by atoms with Crippen molar-refractivity contribution < 1.29 is 13.2 Å². The molecule has 0 spiro atoms. The van der Waals surface area contributed by atoms with Crippen LogP contribution < -0.4 is 10.6 Å². The van der Waals surface area contributed by atoms with Crippen molar-refractivity contribution >= 4 is 41.3 Å². The lowest BCUT2D eigenvalue weighted by atomic mass is 10.4. The summed E-state index contributed by atoms with van der Waals surface area (Å²) >= 11 is 0.957. The summed E-state index contributed by atoms with van der Waals surface area (Å²) in [6, 6.07) is 0. The number of alkyl halides is 3. The highest BCUT2D eigenvalue weighted by Crippen LogP contribution is 2.29. The lowest BCUT2D eigenvalue weighted by molar-refractivity contribution is -0.140. The average molecular weight is 460 g/mol. The SMILES string of the molecule is CN=C(NCc1cnn(C)c1)NCc1nc(C(F)(F)F)cs1.I.